The Kier molecular flexibility index (Phi) is 6.90. The maximum Gasteiger partial charge on any atom is 0.166 e. The van der Waals surface area contributed by atoms with E-state index in [1.165, 1.54) is 12.0 Å². The molecule has 0 aromatic heterocycles. The van der Waals surface area contributed by atoms with Crippen LogP contribution in [0.15, 0.2) is 42.2 Å². The lowest BCUT2D eigenvalue weighted by molar-refractivity contribution is -0.122. The highest BCUT2D eigenvalue weighted by molar-refractivity contribution is 5.93. The van der Waals surface area contributed by atoms with Gasteiger partial charge in [-0.15, -0.1) is 0 Å². The van der Waals surface area contributed by atoms with Crippen LogP contribution in [0, 0.1) is 17.8 Å². The molecule has 0 radical (unpaired) electrons. The molecule has 2 aliphatic rings. The first-order valence-corrected chi connectivity index (χ1v) is 10.2. The summed E-state index contributed by atoms with van der Waals surface area (Å²) in [7, 11) is 0. The van der Waals surface area contributed by atoms with Crippen molar-refractivity contribution in [1.82, 2.24) is 0 Å². The van der Waals surface area contributed by atoms with E-state index < -0.39 is 0 Å². The topological polar surface area (TPSA) is 35.5 Å². The zero-order valence-corrected chi connectivity index (χ0v) is 16.2. The molecule has 2 heterocycles. The molecule has 4 unspecified atom stereocenters. The number of allylic oxidation sites excluding steroid dienone is 2. The monoisotopic (exact) mass is 356 g/mol. The van der Waals surface area contributed by atoms with Crippen LogP contribution < -0.4 is 0 Å². The van der Waals surface area contributed by atoms with E-state index in [4.69, 9.17) is 9.47 Å². The molecule has 1 fully saturated rings. The second kappa shape index (κ2) is 9.36. The van der Waals surface area contributed by atoms with Crippen LogP contribution in [-0.4, -0.2) is 25.6 Å². The fraction of sp³-hybridized carbons (Fsp3) is 0.609. The molecule has 0 bridgehead atoms. The third kappa shape index (κ3) is 4.56. The molecule has 0 saturated carbocycles. The van der Waals surface area contributed by atoms with E-state index >= 15 is 0 Å². The van der Waals surface area contributed by atoms with Gasteiger partial charge in [-0.05, 0) is 49.5 Å². The third-order valence-electron chi connectivity index (χ3n) is 6.00. The SMILES string of the molecule is CCC(CC1CCCOC1)C1=CC(=O)C(C(CC)c2ccccc2)CO1. The van der Waals surface area contributed by atoms with E-state index in [1.54, 1.807) is 6.08 Å². The molecule has 3 heteroatoms. The number of rotatable bonds is 7. The zero-order chi connectivity index (χ0) is 18.4. The van der Waals surface area contributed by atoms with Gasteiger partial charge in [0.05, 0.1) is 12.5 Å². The number of carbonyl (C=O) groups is 1. The van der Waals surface area contributed by atoms with Crippen LogP contribution in [0.1, 0.15) is 57.4 Å². The average molecular weight is 357 g/mol. The molecule has 2 aliphatic heterocycles. The van der Waals surface area contributed by atoms with Gasteiger partial charge in [-0.1, -0.05) is 44.2 Å². The van der Waals surface area contributed by atoms with Crippen molar-refractivity contribution in [1.29, 1.82) is 0 Å². The second-order valence-electron chi connectivity index (χ2n) is 7.72. The molecule has 142 valence electrons. The van der Waals surface area contributed by atoms with Crippen molar-refractivity contribution in [3.63, 3.8) is 0 Å². The van der Waals surface area contributed by atoms with Crippen molar-refractivity contribution in [3.05, 3.63) is 47.7 Å². The summed E-state index contributed by atoms with van der Waals surface area (Å²) >= 11 is 0. The van der Waals surface area contributed by atoms with Crippen molar-refractivity contribution in [2.24, 2.45) is 17.8 Å². The van der Waals surface area contributed by atoms with Crippen molar-refractivity contribution in [3.8, 4) is 0 Å². The second-order valence-corrected chi connectivity index (χ2v) is 7.72. The van der Waals surface area contributed by atoms with Crippen molar-refractivity contribution < 1.29 is 14.3 Å². The van der Waals surface area contributed by atoms with Crippen molar-refractivity contribution >= 4 is 5.78 Å². The van der Waals surface area contributed by atoms with Gasteiger partial charge in [0, 0.05) is 25.2 Å². The smallest absolute Gasteiger partial charge is 0.166 e. The predicted molar refractivity (Wildman–Crippen MR) is 104 cm³/mol. The van der Waals surface area contributed by atoms with Gasteiger partial charge >= 0.3 is 0 Å². The normalized spacial score (nSPS) is 25.9. The van der Waals surface area contributed by atoms with Crippen LogP contribution in [-0.2, 0) is 14.3 Å². The first kappa shape index (κ1) is 19.2. The molecule has 4 atom stereocenters. The highest BCUT2D eigenvalue weighted by Gasteiger charge is 2.33. The van der Waals surface area contributed by atoms with Crippen LogP contribution in [0.2, 0.25) is 0 Å². The lowest BCUT2D eigenvalue weighted by atomic mass is 9.79. The van der Waals surface area contributed by atoms with Crippen molar-refractivity contribution in [2.45, 2.75) is 51.9 Å². The standard InChI is InChI=1S/C23H32O3/c1-3-18(13-17-9-8-12-25-15-17)23-14-22(24)21(16-26-23)20(4-2)19-10-6-5-7-11-19/h5-7,10-11,14,17-18,20-21H,3-4,8-9,12-13,15-16H2,1-2H3. The molecule has 0 spiro atoms. The van der Waals surface area contributed by atoms with E-state index in [2.05, 4.69) is 26.0 Å². The lowest BCUT2D eigenvalue weighted by Gasteiger charge is -2.32. The minimum atomic E-state index is -0.0679. The minimum absolute atomic E-state index is 0.0679. The third-order valence-corrected chi connectivity index (χ3v) is 6.00. The molecule has 3 rings (SSSR count). The molecule has 1 aromatic rings. The fourth-order valence-electron chi connectivity index (χ4n) is 4.44. The summed E-state index contributed by atoms with van der Waals surface area (Å²) in [6, 6.07) is 10.4. The summed E-state index contributed by atoms with van der Waals surface area (Å²) in [6.07, 6.45) is 7.21. The minimum Gasteiger partial charge on any atom is -0.497 e. The van der Waals surface area contributed by atoms with Gasteiger partial charge in [-0.25, -0.2) is 0 Å². The van der Waals surface area contributed by atoms with Gasteiger partial charge in [0.1, 0.15) is 5.76 Å². The Bertz CT molecular complexity index is 601. The van der Waals surface area contributed by atoms with E-state index in [-0.39, 0.29) is 17.6 Å². The van der Waals surface area contributed by atoms with Crippen LogP contribution in [0.5, 0.6) is 0 Å². The Morgan fingerprint density at radius 2 is 1.92 bits per heavy atom. The van der Waals surface area contributed by atoms with Crippen LogP contribution >= 0.6 is 0 Å². The van der Waals surface area contributed by atoms with E-state index in [9.17, 15) is 4.79 Å². The van der Waals surface area contributed by atoms with E-state index in [0.717, 1.165) is 44.7 Å². The molecule has 0 amide bonds. The Labute approximate surface area is 157 Å². The van der Waals surface area contributed by atoms with Gasteiger partial charge in [-0.2, -0.15) is 0 Å². The number of carbonyl (C=O) groups excluding carboxylic acids is 1. The van der Waals surface area contributed by atoms with E-state index in [0.29, 0.717) is 18.4 Å². The molecule has 0 N–H and O–H groups in total. The number of hydrogen-bond donors (Lipinski definition) is 0. The number of ketones is 1. The first-order chi connectivity index (χ1) is 12.7. The summed E-state index contributed by atoms with van der Waals surface area (Å²) in [5, 5.41) is 0. The molecule has 26 heavy (non-hydrogen) atoms. The zero-order valence-electron chi connectivity index (χ0n) is 16.2. The Morgan fingerprint density at radius 3 is 2.54 bits per heavy atom. The lowest BCUT2D eigenvalue weighted by Crippen LogP contribution is -2.31. The number of ether oxygens (including phenoxy) is 2. The highest BCUT2D eigenvalue weighted by Crippen LogP contribution is 2.36. The maximum absolute atomic E-state index is 12.9. The highest BCUT2D eigenvalue weighted by atomic mass is 16.5. The summed E-state index contributed by atoms with van der Waals surface area (Å²) in [6.45, 7) is 6.60. The van der Waals surface area contributed by atoms with E-state index in [1.807, 2.05) is 18.2 Å². The van der Waals surface area contributed by atoms with Gasteiger partial charge in [0.2, 0.25) is 0 Å². The summed E-state index contributed by atoms with van der Waals surface area (Å²) in [4.78, 5) is 12.9. The molecule has 3 nitrogen and oxygen atoms in total. The molecular weight excluding hydrogens is 324 g/mol. The van der Waals surface area contributed by atoms with Gasteiger partial charge in [0.15, 0.2) is 5.78 Å². The van der Waals surface area contributed by atoms with Crippen LogP contribution in [0.3, 0.4) is 0 Å². The molecule has 1 saturated heterocycles. The Morgan fingerprint density at radius 1 is 1.12 bits per heavy atom. The Hall–Kier alpha value is -1.61. The van der Waals surface area contributed by atoms with Crippen LogP contribution in [0.25, 0.3) is 0 Å². The quantitative estimate of drug-likeness (QED) is 0.680. The summed E-state index contributed by atoms with van der Waals surface area (Å²) < 4.78 is 11.8. The largest absolute Gasteiger partial charge is 0.497 e. The molecular formula is C23H32O3. The fourth-order valence-corrected chi connectivity index (χ4v) is 4.44. The Balaban J connectivity index is 1.68. The molecule has 1 aromatic carbocycles. The maximum atomic E-state index is 12.9. The summed E-state index contributed by atoms with van der Waals surface area (Å²) in [5.41, 5.74) is 1.24. The summed E-state index contributed by atoms with van der Waals surface area (Å²) in [5.74, 6) is 2.24. The van der Waals surface area contributed by atoms with Crippen LogP contribution in [0.4, 0.5) is 0 Å². The average Bonchev–Trinajstić information content (AvgIpc) is 2.69. The predicted octanol–water partition coefficient (Wildman–Crippen LogP) is 5.12. The number of benzene rings is 1. The van der Waals surface area contributed by atoms with Gasteiger partial charge < -0.3 is 9.47 Å². The molecule has 0 aliphatic carbocycles. The van der Waals surface area contributed by atoms with Crippen molar-refractivity contribution in [2.75, 3.05) is 19.8 Å². The van der Waals surface area contributed by atoms with Gasteiger partial charge in [-0.3, -0.25) is 4.79 Å². The van der Waals surface area contributed by atoms with Gasteiger partial charge in [0.25, 0.3) is 0 Å². The first-order valence-electron chi connectivity index (χ1n) is 10.2. The number of hydrogen-bond acceptors (Lipinski definition) is 3.